The first-order valence-electron chi connectivity index (χ1n) is 2.91. The van der Waals surface area contributed by atoms with Gasteiger partial charge in [-0.05, 0) is 37.9 Å². The van der Waals surface area contributed by atoms with E-state index in [9.17, 15) is 0 Å². The van der Waals surface area contributed by atoms with Gasteiger partial charge in [0.1, 0.15) is 0 Å². The second-order valence-corrected chi connectivity index (χ2v) is 2.48. The van der Waals surface area contributed by atoms with Gasteiger partial charge in [-0.15, -0.1) is 0 Å². The first kappa shape index (κ1) is 5.93. The molecule has 0 bridgehead atoms. The summed E-state index contributed by atoms with van der Waals surface area (Å²) in [6, 6.07) is 0.438. The topological polar surface area (TPSA) is 12.4 Å². The van der Waals surface area contributed by atoms with Crippen LogP contribution in [0.4, 0.5) is 0 Å². The number of nitrogens with zero attached hydrogens (tertiary/aromatic N) is 1. The summed E-state index contributed by atoms with van der Waals surface area (Å²) in [6.45, 7) is 2.09. The van der Waals surface area contributed by atoms with E-state index in [1.54, 1.807) is 0 Å². The number of rotatable bonds is 2. The number of aliphatic imine (C=N–C) groups is 1. The third-order valence-electron chi connectivity index (χ3n) is 1.56. The Labute approximate surface area is 54.8 Å². The summed E-state index contributed by atoms with van der Waals surface area (Å²) in [6.07, 6.45) is 2.67. The molecule has 0 unspecified atom stereocenters. The van der Waals surface area contributed by atoms with Crippen molar-refractivity contribution in [2.45, 2.75) is 25.8 Å². The summed E-state index contributed by atoms with van der Waals surface area (Å²) >= 11 is 4.46. The van der Waals surface area contributed by atoms with Crippen LogP contribution < -0.4 is 0 Å². The molecule has 2 heteroatoms. The van der Waals surface area contributed by atoms with E-state index in [4.69, 9.17) is 0 Å². The predicted molar refractivity (Wildman–Crippen MR) is 37.2 cm³/mol. The highest BCUT2D eigenvalue weighted by Crippen LogP contribution is 2.33. The molecule has 1 fully saturated rings. The molecule has 0 amide bonds. The van der Waals surface area contributed by atoms with E-state index in [-0.39, 0.29) is 0 Å². The largest absolute Gasteiger partial charge is 0.229 e. The van der Waals surface area contributed by atoms with Gasteiger partial charge >= 0.3 is 0 Å². The van der Waals surface area contributed by atoms with Crippen LogP contribution in [0.1, 0.15) is 19.8 Å². The minimum atomic E-state index is 0.438. The Morgan fingerprint density at radius 3 is 2.75 bits per heavy atom. The van der Waals surface area contributed by atoms with E-state index in [1.165, 1.54) is 12.8 Å². The van der Waals surface area contributed by atoms with Crippen molar-refractivity contribution in [3.63, 3.8) is 0 Å². The molecule has 0 heterocycles. The fourth-order valence-corrected chi connectivity index (χ4v) is 0.933. The van der Waals surface area contributed by atoms with Gasteiger partial charge in [-0.2, -0.15) is 0 Å². The first-order chi connectivity index (χ1) is 3.84. The lowest BCUT2D eigenvalue weighted by Crippen LogP contribution is -1.97. The van der Waals surface area contributed by atoms with E-state index in [1.807, 2.05) is 0 Å². The predicted octanol–water partition coefficient (Wildman–Crippen LogP) is 1.89. The standard InChI is InChI=1S/C6H9NS/c1-5(7-4-8)6-2-3-6/h5-6H,2-3H2,1H3/t5-/m0/s1. The summed E-state index contributed by atoms with van der Waals surface area (Å²) in [5.74, 6) is 0.824. The quantitative estimate of drug-likeness (QED) is 0.407. The van der Waals surface area contributed by atoms with Crippen molar-refractivity contribution in [3.8, 4) is 0 Å². The average molecular weight is 127 g/mol. The Hall–Kier alpha value is -0.200. The van der Waals surface area contributed by atoms with Crippen molar-refractivity contribution in [1.82, 2.24) is 0 Å². The Morgan fingerprint density at radius 2 is 2.38 bits per heavy atom. The van der Waals surface area contributed by atoms with Crippen LogP contribution in [0.25, 0.3) is 0 Å². The summed E-state index contributed by atoms with van der Waals surface area (Å²) in [5, 5.41) is 2.40. The SMILES string of the molecule is C[C@H](N=C=S)C1CC1. The minimum absolute atomic E-state index is 0.438. The Balaban J connectivity index is 2.32. The maximum atomic E-state index is 4.46. The van der Waals surface area contributed by atoms with Crippen LogP contribution in [-0.4, -0.2) is 11.2 Å². The number of thiocarbonyl (C=S) groups is 1. The van der Waals surface area contributed by atoms with E-state index < -0.39 is 0 Å². The zero-order valence-electron chi connectivity index (χ0n) is 4.92. The molecule has 1 aliphatic rings. The monoisotopic (exact) mass is 127 g/mol. The molecule has 1 rings (SSSR count). The molecule has 0 aliphatic heterocycles. The molecule has 8 heavy (non-hydrogen) atoms. The lowest BCUT2D eigenvalue weighted by atomic mass is 10.2. The molecule has 1 aliphatic carbocycles. The maximum Gasteiger partial charge on any atom is 0.0602 e. The molecular weight excluding hydrogens is 118 g/mol. The Kier molecular flexibility index (Phi) is 1.77. The van der Waals surface area contributed by atoms with Crippen molar-refractivity contribution in [3.05, 3.63) is 0 Å². The number of hydrogen-bond donors (Lipinski definition) is 0. The molecular formula is C6H9NS. The number of isothiocyanates is 1. The van der Waals surface area contributed by atoms with Crippen LogP contribution >= 0.6 is 12.2 Å². The van der Waals surface area contributed by atoms with Gasteiger partial charge in [0, 0.05) is 0 Å². The van der Waals surface area contributed by atoms with Crippen molar-refractivity contribution >= 4 is 17.4 Å². The van der Waals surface area contributed by atoms with Gasteiger partial charge in [-0.3, -0.25) is 0 Å². The van der Waals surface area contributed by atoms with Crippen LogP contribution in [0.3, 0.4) is 0 Å². The van der Waals surface area contributed by atoms with Crippen LogP contribution in [-0.2, 0) is 0 Å². The summed E-state index contributed by atoms with van der Waals surface area (Å²) in [4.78, 5) is 3.95. The third kappa shape index (κ3) is 1.39. The highest BCUT2D eigenvalue weighted by molar-refractivity contribution is 7.78. The molecule has 0 aromatic carbocycles. The van der Waals surface area contributed by atoms with Gasteiger partial charge in [0.2, 0.25) is 0 Å². The van der Waals surface area contributed by atoms with Gasteiger partial charge in [0.25, 0.3) is 0 Å². The van der Waals surface area contributed by atoms with Crippen LogP contribution in [0, 0.1) is 5.92 Å². The van der Waals surface area contributed by atoms with Gasteiger partial charge in [-0.1, -0.05) is 0 Å². The summed E-state index contributed by atoms with van der Waals surface area (Å²) in [5.41, 5.74) is 0. The highest BCUT2D eigenvalue weighted by Gasteiger charge is 2.27. The van der Waals surface area contributed by atoms with Gasteiger partial charge < -0.3 is 0 Å². The fourth-order valence-electron chi connectivity index (χ4n) is 0.767. The van der Waals surface area contributed by atoms with Gasteiger partial charge in [0.15, 0.2) is 0 Å². The zero-order valence-corrected chi connectivity index (χ0v) is 5.74. The second kappa shape index (κ2) is 2.38. The lowest BCUT2D eigenvalue weighted by Gasteiger charge is -1.95. The molecule has 44 valence electrons. The molecule has 0 radical (unpaired) electrons. The lowest BCUT2D eigenvalue weighted by molar-refractivity contribution is 0.657. The van der Waals surface area contributed by atoms with E-state index in [2.05, 4.69) is 29.3 Å². The Morgan fingerprint density at radius 1 is 1.75 bits per heavy atom. The second-order valence-electron chi connectivity index (χ2n) is 2.30. The molecule has 1 saturated carbocycles. The zero-order chi connectivity index (χ0) is 5.98. The van der Waals surface area contributed by atoms with Gasteiger partial charge in [-0.25, -0.2) is 4.99 Å². The molecule has 0 spiro atoms. The van der Waals surface area contributed by atoms with Crippen molar-refractivity contribution in [1.29, 1.82) is 0 Å². The molecule has 0 aromatic rings. The van der Waals surface area contributed by atoms with E-state index >= 15 is 0 Å². The molecule has 0 N–H and O–H groups in total. The van der Waals surface area contributed by atoms with Crippen molar-refractivity contribution in [2.24, 2.45) is 10.9 Å². The van der Waals surface area contributed by atoms with Crippen LogP contribution in [0.15, 0.2) is 4.99 Å². The fraction of sp³-hybridized carbons (Fsp3) is 0.833. The minimum Gasteiger partial charge on any atom is -0.229 e. The van der Waals surface area contributed by atoms with Crippen molar-refractivity contribution in [2.75, 3.05) is 0 Å². The van der Waals surface area contributed by atoms with Crippen LogP contribution in [0.5, 0.6) is 0 Å². The highest BCUT2D eigenvalue weighted by atomic mass is 32.1. The summed E-state index contributed by atoms with van der Waals surface area (Å²) < 4.78 is 0. The maximum absolute atomic E-state index is 4.46. The van der Waals surface area contributed by atoms with Crippen molar-refractivity contribution < 1.29 is 0 Å². The third-order valence-corrected chi connectivity index (χ3v) is 1.67. The van der Waals surface area contributed by atoms with Crippen LogP contribution in [0.2, 0.25) is 0 Å². The normalized spacial score (nSPS) is 21.6. The molecule has 0 aromatic heterocycles. The van der Waals surface area contributed by atoms with Gasteiger partial charge in [0.05, 0.1) is 11.2 Å². The average Bonchev–Trinajstić information content (AvgIpc) is 2.45. The first-order valence-corrected chi connectivity index (χ1v) is 3.32. The number of hydrogen-bond acceptors (Lipinski definition) is 2. The Bertz CT molecular complexity index is 122. The summed E-state index contributed by atoms with van der Waals surface area (Å²) in [7, 11) is 0. The van der Waals surface area contributed by atoms with E-state index in [0.717, 1.165) is 5.92 Å². The molecule has 1 atom stereocenters. The molecule has 1 nitrogen and oxygen atoms in total. The van der Waals surface area contributed by atoms with E-state index in [0.29, 0.717) is 6.04 Å². The smallest absolute Gasteiger partial charge is 0.0602 e. The molecule has 0 saturated heterocycles.